The Morgan fingerprint density at radius 1 is 0.811 bits per heavy atom. The maximum absolute atomic E-state index is 14.0. The highest BCUT2D eigenvalue weighted by Gasteiger charge is 2.18. The maximum atomic E-state index is 14.0. The molecule has 3 heterocycles. The number of carbonyl (C=O) groups excluding carboxylic acids is 4. The normalized spacial score (nSPS) is 10.7. The smallest absolute Gasteiger partial charge is 0.272 e. The number of hydrogen-bond donors (Lipinski definition) is 4. The van der Waals surface area contributed by atoms with Crippen molar-refractivity contribution in [2.24, 2.45) is 14.1 Å². The molecule has 4 N–H and O–H groups in total. The van der Waals surface area contributed by atoms with Crippen molar-refractivity contribution < 1.29 is 23.6 Å². The Morgan fingerprint density at radius 3 is 2.03 bits per heavy atom. The average molecular weight is 525 g/mol. The number of nitrogens with zero attached hydrogens (tertiary/aromatic N) is 2. The van der Waals surface area contributed by atoms with E-state index >= 15 is 0 Å². The molecule has 0 unspecified atom stereocenters. The number of halogens is 2. The van der Waals surface area contributed by atoms with Crippen molar-refractivity contribution in [3.63, 3.8) is 0 Å². The van der Waals surface area contributed by atoms with Gasteiger partial charge in [-0.25, -0.2) is 4.39 Å². The number of aromatic nitrogens is 3. The number of hydrogen-bond acceptors (Lipinski definition) is 4. The minimum absolute atomic E-state index is 0.128. The van der Waals surface area contributed by atoms with E-state index in [1.165, 1.54) is 37.4 Å². The van der Waals surface area contributed by atoms with Crippen LogP contribution in [0.1, 0.15) is 48.7 Å². The number of benzene rings is 1. The molecule has 0 aliphatic heterocycles. The first-order valence-electron chi connectivity index (χ1n) is 10.9. The van der Waals surface area contributed by atoms with Crippen LogP contribution in [0.4, 0.5) is 21.5 Å². The summed E-state index contributed by atoms with van der Waals surface area (Å²) >= 11 is 5.71. The Kier molecular flexibility index (Phi) is 6.98. The Hall–Kier alpha value is -4.64. The van der Waals surface area contributed by atoms with Crippen molar-refractivity contribution in [2.75, 3.05) is 16.0 Å². The molecule has 0 fully saturated rings. The summed E-state index contributed by atoms with van der Waals surface area (Å²) < 4.78 is 17.1. The molecule has 4 rings (SSSR count). The summed E-state index contributed by atoms with van der Waals surface area (Å²) in [6, 6.07) is 8.15. The lowest BCUT2D eigenvalue weighted by Gasteiger charge is -2.04. The first-order chi connectivity index (χ1) is 17.5. The van der Waals surface area contributed by atoms with E-state index in [2.05, 4.69) is 20.9 Å². The van der Waals surface area contributed by atoms with Gasteiger partial charge in [0, 0.05) is 44.6 Å². The van der Waals surface area contributed by atoms with Gasteiger partial charge in [0.15, 0.2) is 5.78 Å². The van der Waals surface area contributed by atoms with Gasteiger partial charge in [-0.2, -0.15) is 0 Å². The fourth-order valence-corrected chi connectivity index (χ4v) is 3.86. The topological polar surface area (TPSA) is 130 Å². The molecule has 0 atom stereocenters. The monoisotopic (exact) mass is 524 g/mol. The lowest BCUT2D eigenvalue weighted by molar-refractivity contribution is 0.0999. The summed E-state index contributed by atoms with van der Waals surface area (Å²) in [5, 5.41) is 8.08. The van der Waals surface area contributed by atoms with Crippen LogP contribution >= 0.6 is 11.6 Å². The second-order valence-electron chi connectivity index (χ2n) is 8.29. The van der Waals surface area contributed by atoms with Gasteiger partial charge in [0.1, 0.15) is 17.2 Å². The van der Waals surface area contributed by atoms with Crippen molar-refractivity contribution in [1.82, 2.24) is 14.1 Å². The number of aryl methyl sites for hydroxylation is 2. The third-order valence-electron chi connectivity index (χ3n) is 5.48. The number of aromatic amines is 1. The lowest BCUT2D eigenvalue weighted by Crippen LogP contribution is -2.15. The molecule has 0 aliphatic carbocycles. The summed E-state index contributed by atoms with van der Waals surface area (Å²) in [6.07, 6.45) is 4.58. The second-order valence-corrected chi connectivity index (χ2v) is 8.73. The third-order valence-corrected chi connectivity index (χ3v) is 5.72. The van der Waals surface area contributed by atoms with Gasteiger partial charge in [-0.3, -0.25) is 19.2 Å². The van der Waals surface area contributed by atoms with Crippen LogP contribution < -0.4 is 16.0 Å². The van der Waals surface area contributed by atoms with Crippen LogP contribution in [0.25, 0.3) is 0 Å². The van der Waals surface area contributed by atoms with E-state index in [-0.39, 0.29) is 33.4 Å². The largest absolute Gasteiger partial charge is 0.355 e. The average Bonchev–Trinajstić information content (AvgIpc) is 3.52. The Morgan fingerprint density at radius 2 is 1.41 bits per heavy atom. The minimum atomic E-state index is -0.769. The zero-order chi connectivity index (χ0) is 26.9. The van der Waals surface area contributed by atoms with E-state index in [0.717, 1.165) is 6.07 Å². The number of H-pyrrole nitrogens is 1. The molecule has 12 heteroatoms. The van der Waals surface area contributed by atoms with Crippen molar-refractivity contribution >= 4 is 52.2 Å². The van der Waals surface area contributed by atoms with Crippen LogP contribution in [0.5, 0.6) is 0 Å². The predicted octanol–water partition coefficient (Wildman–Crippen LogP) is 4.44. The van der Waals surface area contributed by atoms with Crippen LogP contribution in [0.2, 0.25) is 5.02 Å². The number of Topliss-reactive ketones (excluding diaryl/α,β-unsaturated/α-hetero) is 1. The molecular weight excluding hydrogens is 503 g/mol. The van der Waals surface area contributed by atoms with Crippen LogP contribution in [0.15, 0.2) is 55.0 Å². The summed E-state index contributed by atoms with van der Waals surface area (Å²) in [5.41, 5.74) is 1.73. The zero-order valence-corrected chi connectivity index (χ0v) is 20.7. The second kappa shape index (κ2) is 10.2. The SMILES string of the molecule is CC(=O)c1cc(NC(=O)c2cc(NC(=O)c3cc(NC(=O)c4ccc(Cl)cc4F)c[nH]3)cn2C)cn1C. The van der Waals surface area contributed by atoms with Gasteiger partial charge in [0.05, 0.1) is 28.3 Å². The minimum Gasteiger partial charge on any atom is -0.355 e. The highest BCUT2D eigenvalue weighted by Crippen LogP contribution is 2.20. The standard InChI is InChI=1S/C25H22ClFN6O4/c1-13(34)21-8-16(11-32(21)2)31-25(37)22-9-17(12-33(22)3)30-24(36)20-7-15(10-28-20)29-23(35)18-5-4-14(26)6-19(18)27/h4-12,28H,1-3H3,(H,29,35)(H,30,36)(H,31,37). The molecule has 0 saturated heterocycles. The highest BCUT2D eigenvalue weighted by molar-refractivity contribution is 6.30. The van der Waals surface area contributed by atoms with Crippen LogP contribution in [-0.2, 0) is 14.1 Å². The van der Waals surface area contributed by atoms with Crippen molar-refractivity contribution in [2.45, 2.75) is 6.92 Å². The van der Waals surface area contributed by atoms with Gasteiger partial charge >= 0.3 is 0 Å². The Labute approximate surface area is 215 Å². The fraction of sp³-hybridized carbons (Fsp3) is 0.120. The molecule has 0 radical (unpaired) electrons. The van der Waals surface area contributed by atoms with Crippen LogP contribution in [0.3, 0.4) is 0 Å². The van der Waals surface area contributed by atoms with E-state index in [9.17, 15) is 23.6 Å². The predicted molar refractivity (Wildman–Crippen MR) is 137 cm³/mol. The number of carbonyl (C=O) groups is 4. The van der Waals surface area contributed by atoms with Gasteiger partial charge in [-0.15, -0.1) is 0 Å². The lowest BCUT2D eigenvalue weighted by atomic mass is 10.2. The number of ketones is 1. The van der Waals surface area contributed by atoms with E-state index in [4.69, 9.17) is 11.6 Å². The third kappa shape index (κ3) is 5.62. The zero-order valence-electron chi connectivity index (χ0n) is 20.0. The van der Waals surface area contributed by atoms with E-state index < -0.39 is 23.5 Å². The van der Waals surface area contributed by atoms with Crippen molar-refractivity contribution in [3.8, 4) is 0 Å². The Bertz CT molecular complexity index is 1550. The quantitative estimate of drug-likeness (QED) is 0.266. The Balaban J connectivity index is 1.40. The highest BCUT2D eigenvalue weighted by atomic mass is 35.5. The van der Waals surface area contributed by atoms with Gasteiger partial charge in [-0.1, -0.05) is 11.6 Å². The van der Waals surface area contributed by atoms with Gasteiger partial charge in [0.2, 0.25) is 0 Å². The molecule has 3 aromatic heterocycles. The summed E-state index contributed by atoms with van der Waals surface area (Å²) in [7, 11) is 3.35. The summed E-state index contributed by atoms with van der Waals surface area (Å²) in [4.78, 5) is 52.1. The maximum Gasteiger partial charge on any atom is 0.272 e. The number of rotatable bonds is 7. The van der Waals surface area contributed by atoms with Gasteiger partial charge in [0.25, 0.3) is 17.7 Å². The molecule has 37 heavy (non-hydrogen) atoms. The van der Waals surface area contributed by atoms with Gasteiger partial charge < -0.3 is 30.1 Å². The van der Waals surface area contributed by atoms with Gasteiger partial charge in [-0.05, 0) is 36.4 Å². The summed E-state index contributed by atoms with van der Waals surface area (Å²) in [6.45, 7) is 1.44. The first kappa shape index (κ1) is 25.5. The van der Waals surface area contributed by atoms with E-state index in [1.54, 1.807) is 41.7 Å². The molecular formula is C25H22ClFN6O4. The molecule has 0 aliphatic rings. The molecule has 0 bridgehead atoms. The number of nitrogens with one attached hydrogen (secondary N) is 4. The molecule has 0 saturated carbocycles. The van der Waals surface area contributed by atoms with Crippen LogP contribution in [-0.4, -0.2) is 37.6 Å². The van der Waals surface area contributed by atoms with E-state index in [0.29, 0.717) is 17.1 Å². The number of anilines is 3. The fourth-order valence-electron chi connectivity index (χ4n) is 3.70. The molecule has 4 aromatic rings. The van der Waals surface area contributed by atoms with Crippen LogP contribution in [0, 0.1) is 5.82 Å². The summed E-state index contributed by atoms with van der Waals surface area (Å²) in [5.74, 6) is -2.55. The van der Waals surface area contributed by atoms with E-state index in [1.807, 2.05) is 0 Å². The molecule has 3 amide bonds. The molecule has 10 nitrogen and oxygen atoms in total. The first-order valence-corrected chi connectivity index (χ1v) is 11.3. The molecule has 0 spiro atoms. The van der Waals surface area contributed by atoms with Crippen molar-refractivity contribution in [1.29, 1.82) is 0 Å². The number of amides is 3. The van der Waals surface area contributed by atoms with Crippen molar-refractivity contribution in [3.05, 3.63) is 88.5 Å². The molecule has 190 valence electrons. The molecule has 1 aromatic carbocycles.